The van der Waals surface area contributed by atoms with Crippen LogP contribution in [0.4, 0.5) is 4.39 Å². The van der Waals surface area contributed by atoms with Gasteiger partial charge in [-0.3, -0.25) is 0 Å². The topological polar surface area (TPSA) is 46.0 Å². The van der Waals surface area contributed by atoms with Gasteiger partial charge in [-0.2, -0.15) is 14.9 Å². The smallest absolute Gasteiger partial charge is 0.216 e. The zero-order chi connectivity index (χ0) is 15.5. The maximum Gasteiger partial charge on any atom is 0.216 e. The van der Waals surface area contributed by atoms with Gasteiger partial charge in [-0.05, 0) is 30.4 Å². The molecule has 3 rings (SSSR count). The van der Waals surface area contributed by atoms with E-state index in [0.717, 1.165) is 0 Å². The summed E-state index contributed by atoms with van der Waals surface area (Å²) in [5, 5.41) is 11.5. The molecule has 0 aliphatic rings. The third-order valence-electron chi connectivity index (χ3n) is 2.98. The third kappa shape index (κ3) is 2.84. The van der Waals surface area contributed by atoms with E-state index in [0.29, 0.717) is 26.7 Å². The van der Waals surface area contributed by atoms with Gasteiger partial charge in [0.2, 0.25) is 4.77 Å². The van der Waals surface area contributed by atoms with E-state index in [2.05, 4.69) is 15.3 Å². The van der Waals surface area contributed by atoms with Crippen LogP contribution in [0.2, 0.25) is 5.02 Å². The summed E-state index contributed by atoms with van der Waals surface area (Å²) in [6.07, 6.45) is 1.39. The molecule has 3 aromatic rings. The van der Waals surface area contributed by atoms with E-state index in [4.69, 9.17) is 23.8 Å². The van der Waals surface area contributed by atoms with Gasteiger partial charge in [0.05, 0.1) is 11.2 Å². The Morgan fingerprint density at radius 1 is 1.18 bits per heavy atom. The van der Waals surface area contributed by atoms with Crippen LogP contribution >= 0.6 is 23.8 Å². The van der Waals surface area contributed by atoms with Gasteiger partial charge in [-0.1, -0.05) is 41.9 Å². The molecule has 0 amide bonds. The molecule has 0 atom stereocenters. The lowest BCUT2D eigenvalue weighted by molar-refractivity contribution is 0.625. The van der Waals surface area contributed by atoms with Crippen molar-refractivity contribution < 1.29 is 4.39 Å². The minimum Gasteiger partial charge on any atom is -0.250 e. The summed E-state index contributed by atoms with van der Waals surface area (Å²) in [6, 6.07) is 13.5. The molecule has 22 heavy (non-hydrogen) atoms. The van der Waals surface area contributed by atoms with Crippen LogP contribution in [0, 0.1) is 10.6 Å². The van der Waals surface area contributed by atoms with Gasteiger partial charge in [0, 0.05) is 11.1 Å². The minimum atomic E-state index is -0.361. The van der Waals surface area contributed by atoms with Crippen molar-refractivity contribution >= 4 is 30.0 Å². The number of aromatic nitrogens is 3. The maximum absolute atomic E-state index is 13.6. The molecule has 0 bridgehead atoms. The Bertz CT molecular complexity index is 900. The van der Waals surface area contributed by atoms with Gasteiger partial charge >= 0.3 is 0 Å². The fourth-order valence-corrected chi connectivity index (χ4v) is 2.31. The van der Waals surface area contributed by atoms with Gasteiger partial charge in [0.15, 0.2) is 5.82 Å². The standard InChI is InChI=1S/C15H10ClFN4S/c16-12-7-3-2-6-11(12)14-19-20-15(22)21(14)18-9-10-5-1-4-8-13(10)17/h1-9H,(H,20,22)/b18-9+. The molecule has 0 aliphatic carbocycles. The number of nitrogens with one attached hydrogen (secondary N) is 1. The second kappa shape index (κ2) is 6.21. The minimum absolute atomic E-state index is 0.294. The van der Waals surface area contributed by atoms with Crippen molar-refractivity contribution in [3.05, 3.63) is 69.7 Å². The first kappa shape index (κ1) is 14.6. The highest BCUT2D eigenvalue weighted by molar-refractivity contribution is 7.71. The number of nitrogens with zero attached hydrogens (tertiary/aromatic N) is 3. The molecule has 0 saturated carbocycles. The Morgan fingerprint density at radius 3 is 2.68 bits per heavy atom. The summed E-state index contributed by atoms with van der Waals surface area (Å²) in [7, 11) is 0. The zero-order valence-corrected chi connectivity index (χ0v) is 12.8. The van der Waals surface area contributed by atoms with Gasteiger partial charge in [0.25, 0.3) is 0 Å². The zero-order valence-electron chi connectivity index (χ0n) is 11.2. The summed E-state index contributed by atoms with van der Waals surface area (Å²) in [5.74, 6) is 0.101. The fourth-order valence-electron chi connectivity index (χ4n) is 1.92. The number of hydrogen-bond acceptors (Lipinski definition) is 3. The molecule has 0 unspecified atom stereocenters. The van der Waals surface area contributed by atoms with Crippen molar-refractivity contribution in [2.24, 2.45) is 5.10 Å². The molecule has 4 nitrogen and oxygen atoms in total. The number of benzene rings is 2. The molecule has 1 aromatic heterocycles. The highest BCUT2D eigenvalue weighted by Crippen LogP contribution is 2.25. The number of H-pyrrole nitrogens is 1. The number of halogens is 2. The van der Waals surface area contributed by atoms with Crippen LogP contribution in [0.1, 0.15) is 5.56 Å². The van der Waals surface area contributed by atoms with Crippen molar-refractivity contribution in [3.8, 4) is 11.4 Å². The van der Waals surface area contributed by atoms with Crippen molar-refractivity contribution in [2.75, 3.05) is 0 Å². The van der Waals surface area contributed by atoms with Gasteiger partial charge in [-0.15, -0.1) is 0 Å². The predicted octanol–water partition coefficient (Wildman–Crippen LogP) is 4.28. The molecular formula is C15H10ClFN4S. The van der Waals surface area contributed by atoms with Gasteiger partial charge in [-0.25, -0.2) is 9.49 Å². The van der Waals surface area contributed by atoms with Crippen LogP contribution in [-0.4, -0.2) is 21.1 Å². The van der Waals surface area contributed by atoms with Crippen LogP contribution in [0.5, 0.6) is 0 Å². The molecule has 1 N–H and O–H groups in total. The first-order valence-electron chi connectivity index (χ1n) is 6.38. The van der Waals surface area contributed by atoms with E-state index >= 15 is 0 Å². The summed E-state index contributed by atoms with van der Waals surface area (Å²) >= 11 is 11.3. The molecule has 7 heteroatoms. The number of rotatable bonds is 3. The highest BCUT2D eigenvalue weighted by atomic mass is 35.5. The number of aromatic amines is 1. The van der Waals surface area contributed by atoms with Crippen LogP contribution in [0.25, 0.3) is 11.4 Å². The summed E-state index contributed by atoms with van der Waals surface area (Å²) in [6.45, 7) is 0. The van der Waals surface area contributed by atoms with Crippen LogP contribution in [0.15, 0.2) is 53.6 Å². The molecule has 0 aliphatic heterocycles. The molecular weight excluding hydrogens is 323 g/mol. The highest BCUT2D eigenvalue weighted by Gasteiger charge is 2.11. The number of hydrogen-bond donors (Lipinski definition) is 1. The maximum atomic E-state index is 13.6. The average molecular weight is 333 g/mol. The Kier molecular flexibility index (Phi) is 4.13. The molecule has 0 radical (unpaired) electrons. The predicted molar refractivity (Wildman–Crippen MR) is 87.2 cm³/mol. The van der Waals surface area contributed by atoms with Gasteiger partial charge < -0.3 is 0 Å². The Morgan fingerprint density at radius 2 is 1.91 bits per heavy atom. The lowest BCUT2D eigenvalue weighted by Crippen LogP contribution is -1.96. The first-order valence-corrected chi connectivity index (χ1v) is 7.16. The first-order chi connectivity index (χ1) is 10.7. The summed E-state index contributed by atoms with van der Waals surface area (Å²) < 4.78 is 15.3. The molecule has 2 aromatic carbocycles. The van der Waals surface area contributed by atoms with E-state index in [1.54, 1.807) is 24.3 Å². The van der Waals surface area contributed by atoms with E-state index in [1.165, 1.54) is 17.0 Å². The van der Waals surface area contributed by atoms with Crippen molar-refractivity contribution in [1.82, 2.24) is 14.9 Å². The van der Waals surface area contributed by atoms with Crippen LogP contribution < -0.4 is 0 Å². The Hall–Kier alpha value is -2.31. The SMILES string of the molecule is Fc1ccccc1/C=N/n1c(-c2ccccc2Cl)n[nH]c1=S. The van der Waals surface area contributed by atoms with Gasteiger partial charge in [0.1, 0.15) is 5.82 Å². The van der Waals surface area contributed by atoms with Crippen molar-refractivity contribution in [1.29, 1.82) is 0 Å². The van der Waals surface area contributed by atoms with E-state index in [-0.39, 0.29) is 5.82 Å². The largest absolute Gasteiger partial charge is 0.250 e. The van der Waals surface area contributed by atoms with Crippen molar-refractivity contribution in [3.63, 3.8) is 0 Å². The van der Waals surface area contributed by atoms with Crippen molar-refractivity contribution in [2.45, 2.75) is 0 Å². The Balaban J connectivity index is 2.06. The summed E-state index contributed by atoms with van der Waals surface area (Å²) in [5.41, 5.74) is 1.04. The molecule has 0 saturated heterocycles. The lowest BCUT2D eigenvalue weighted by atomic mass is 10.2. The molecule has 0 fully saturated rings. The lowest BCUT2D eigenvalue weighted by Gasteiger charge is -2.03. The van der Waals surface area contributed by atoms with Crippen LogP contribution in [0.3, 0.4) is 0 Å². The second-order valence-electron chi connectivity index (χ2n) is 4.41. The normalized spacial score (nSPS) is 11.2. The molecule has 1 heterocycles. The van der Waals surface area contributed by atoms with E-state index in [1.807, 2.05) is 18.2 Å². The summed E-state index contributed by atoms with van der Waals surface area (Å²) in [4.78, 5) is 0. The van der Waals surface area contributed by atoms with E-state index < -0.39 is 0 Å². The third-order valence-corrected chi connectivity index (χ3v) is 3.58. The molecule has 0 spiro atoms. The monoisotopic (exact) mass is 332 g/mol. The van der Waals surface area contributed by atoms with E-state index in [9.17, 15) is 4.39 Å². The second-order valence-corrected chi connectivity index (χ2v) is 5.20. The Labute approximate surface area is 135 Å². The average Bonchev–Trinajstić information content (AvgIpc) is 2.88. The quantitative estimate of drug-likeness (QED) is 0.574. The fraction of sp³-hybridized carbons (Fsp3) is 0. The van der Waals surface area contributed by atoms with Crippen LogP contribution in [-0.2, 0) is 0 Å². The molecule has 110 valence electrons.